The Bertz CT molecular complexity index is 749. The van der Waals surface area contributed by atoms with E-state index in [1.54, 1.807) is 30.1 Å². The number of amides is 1. The Hall–Kier alpha value is -1.91. The van der Waals surface area contributed by atoms with Crippen molar-refractivity contribution in [3.8, 4) is 11.5 Å². The molecule has 0 saturated heterocycles. The molecule has 134 valence electrons. The molecule has 4 nitrogen and oxygen atoms in total. The monoisotopic (exact) mass is 381 g/mol. The van der Waals surface area contributed by atoms with Crippen molar-refractivity contribution in [1.29, 1.82) is 0 Å². The van der Waals surface area contributed by atoms with Crippen LogP contribution in [0.4, 0.5) is 0 Å². The Kier molecular flexibility index (Phi) is 6.97. The van der Waals surface area contributed by atoms with Gasteiger partial charge in [-0.15, -0.1) is 0 Å². The van der Waals surface area contributed by atoms with Crippen LogP contribution < -0.4 is 9.47 Å². The van der Waals surface area contributed by atoms with Crippen molar-refractivity contribution in [3.63, 3.8) is 0 Å². The number of carbonyl (C=O) groups excluding carboxylic acids is 1. The van der Waals surface area contributed by atoms with Crippen LogP contribution in [0.1, 0.15) is 29.3 Å². The van der Waals surface area contributed by atoms with Gasteiger partial charge < -0.3 is 14.4 Å². The fourth-order valence-corrected chi connectivity index (χ4v) is 2.87. The predicted octanol–water partition coefficient (Wildman–Crippen LogP) is 5.06. The van der Waals surface area contributed by atoms with E-state index in [0.717, 1.165) is 12.0 Å². The minimum atomic E-state index is -0.165. The second-order valence-corrected chi connectivity index (χ2v) is 6.47. The molecule has 25 heavy (non-hydrogen) atoms. The van der Waals surface area contributed by atoms with Gasteiger partial charge in [0.1, 0.15) is 0 Å². The van der Waals surface area contributed by atoms with Crippen molar-refractivity contribution in [2.75, 3.05) is 20.8 Å². The van der Waals surface area contributed by atoms with E-state index in [-0.39, 0.29) is 5.91 Å². The minimum absolute atomic E-state index is 0.165. The largest absolute Gasteiger partial charge is 0.493 e. The molecule has 0 aliphatic heterocycles. The third-order valence-corrected chi connectivity index (χ3v) is 4.10. The van der Waals surface area contributed by atoms with Crippen LogP contribution in [-0.2, 0) is 6.54 Å². The number of nitrogens with zero attached hydrogens (tertiary/aromatic N) is 1. The molecule has 0 unspecified atom stereocenters. The number of ether oxygens (including phenoxy) is 2. The molecule has 0 bridgehead atoms. The van der Waals surface area contributed by atoms with Gasteiger partial charge in [0.15, 0.2) is 11.5 Å². The predicted molar refractivity (Wildman–Crippen MR) is 101 cm³/mol. The Balaban J connectivity index is 2.21. The van der Waals surface area contributed by atoms with Gasteiger partial charge in [-0.25, -0.2) is 0 Å². The molecule has 0 saturated carbocycles. The van der Waals surface area contributed by atoms with E-state index in [1.165, 1.54) is 7.11 Å². The molecule has 2 rings (SSSR count). The molecule has 0 spiro atoms. The van der Waals surface area contributed by atoms with Gasteiger partial charge in [-0.05, 0) is 36.2 Å². The molecule has 0 atom stereocenters. The van der Waals surface area contributed by atoms with Gasteiger partial charge in [0.25, 0.3) is 5.91 Å². The molecule has 0 radical (unpaired) electrons. The first kappa shape index (κ1) is 19.4. The summed E-state index contributed by atoms with van der Waals surface area (Å²) in [4.78, 5) is 14.3. The quantitative estimate of drug-likeness (QED) is 0.672. The standard InChI is InChI=1S/C19H21Cl2NO3/c1-4-8-25-18-16(21)10-14(11-17(18)24-3)19(23)22(2)12-13-6-5-7-15(20)9-13/h5-7,9-11H,4,8,12H2,1-3H3. The lowest BCUT2D eigenvalue weighted by atomic mass is 10.1. The highest BCUT2D eigenvalue weighted by molar-refractivity contribution is 6.32. The van der Waals surface area contributed by atoms with E-state index < -0.39 is 0 Å². The molecule has 0 aliphatic carbocycles. The van der Waals surface area contributed by atoms with Gasteiger partial charge in [-0.1, -0.05) is 42.3 Å². The molecule has 0 aromatic heterocycles. The first-order valence-electron chi connectivity index (χ1n) is 7.96. The van der Waals surface area contributed by atoms with Crippen molar-refractivity contribution in [2.45, 2.75) is 19.9 Å². The smallest absolute Gasteiger partial charge is 0.254 e. The summed E-state index contributed by atoms with van der Waals surface area (Å²) in [5.74, 6) is 0.739. The summed E-state index contributed by atoms with van der Waals surface area (Å²) in [6, 6.07) is 10.7. The van der Waals surface area contributed by atoms with E-state index in [4.69, 9.17) is 32.7 Å². The maximum absolute atomic E-state index is 12.7. The van der Waals surface area contributed by atoms with Crippen LogP contribution in [0.15, 0.2) is 36.4 Å². The molecule has 0 aliphatic rings. The number of methoxy groups -OCH3 is 1. The zero-order chi connectivity index (χ0) is 18.4. The highest BCUT2D eigenvalue weighted by Crippen LogP contribution is 2.36. The number of halogens is 2. The van der Waals surface area contributed by atoms with E-state index >= 15 is 0 Å². The molecule has 6 heteroatoms. The summed E-state index contributed by atoms with van der Waals surface area (Å²) in [5.41, 5.74) is 1.39. The molecule has 0 heterocycles. The Morgan fingerprint density at radius 1 is 1.20 bits per heavy atom. The first-order valence-corrected chi connectivity index (χ1v) is 8.72. The fourth-order valence-electron chi connectivity index (χ4n) is 2.39. The Labute approximate surface area is 158 Å². The molecule has 2 aromatic rings. The normalized spacial score (nSPS) is 10.4. The lowest BCUT2D eigenvalue weighted by Crippen LogP contribution is -2.26. The van der Waals surface area contributed by atoms with E-state index in [2.05, 4.69) is 0 Å². The van der Waals surface area contributed by atoms with Gasteiger partial charge in [0.2, 0.25) is 0 Å². The molecule has 0 N–H and O–H groups in total. The lowest BCUT2D eigenvalue weighted by molar-refractivity contribution is 0.0784. The van der Waals surface area contributed by atoms with Gasteiger partial charge in [0, 0.05) is 24.2 Å². The van der Waals surface area contributed by atoms with Crippen molar-refractivity contribution in [3.05, 3.63) is 57.6 Å². The molecular formula is C19H21Cl2NO3. The SMILES string of the molecule is CCCOc1c(Cl)cc(C(=O)N(C)Cc2cccc(Cl)c2)cc1OC. The number of benzene rings is 2. The summed E-state index contributed by atoms with van der Waals surface area (Å²) < 4.78 is 10.9. The first-order chi connectivity index (χ1) is 12.0. The Morgan fingerprint density at radius 2 is 1.96 bits per heavy atom. The second-order valence-electron chi connectivity index (χ2n) is 5.63. The van der Waals surface area contributed by atoms with Gasteiger partial charge >= 0.3 is 0 Å². The summed E-state index contributed by atoms with van der Waals surface area (Å²) >= 11 is 12.3. The molecule has 2 aromatic carbocycles. The third-order valence-electron chi connectivity index (χ3n) is 3.58. The molecule has 1 amide bonds. The lowest BCUT2D eigenvalue weighted by Gasteiger charge is -2.19. The number of hydrogen-bond acceptors (Lipinski definition) is 3. The average Bonchev–Trinajstić information content (AvgIpc) is 2.59. The highest BCUT2D eigenvalue weighted by Gasteiger charge is 2.18. The van der Waals surface area contributed by atoms with Crippen LogP contribution in [0.25, 0.3) is 0 Å². The zero-order valence-corrected chi connectivity index (χ0v) is 16.0. The van der Waals surface area contributed by atoms with Crippen LogP contribution in [0.3, 0.4) is 0 Å². The summed E-state index contributed by atoms with van der Waals surface area (Å²) in [5, 5.41) is 0.993. The second kappa shape index (κ2) is 8.97. The van der Waals surface area contributed by atoms with Gasteiger partial charge in [-0.2, -0.15) is 0 Å². The topological polar surface area (TPSA) is 38.8 Å². The van der Waals surface area contributed by atoms with E-state index in [1.807, 2.05) is 25.1 Å². The third kappa shape index (κ3) is 5.03. The number of hydrogen-bond donors (Lipinski definition) is 0. The van der Waals surface area contributed by atoms with Crippen molar-refractivity contribution < 1.29 is 14.3 Å². The van der Waals surface area contributed by atoms with Gasteiger partial charge in [0.05, 0.1) is 18.7 Å². The molecule has 0 fully saturated rings. The van der Waals surface area contributed by atoms with E-state index in [9.17, 15) is 4.79 Å². The zero-order valence-electron chi connectivity index (χ0n) is 14.5. The molecular weight excluding hydrogens is 361 g/mol. The van der Waals surface area contributed by atoms with Crippen LogP contribution in [0.2, 0.25) is 10.0 Å². The number of rotatable bonds is 7. The van der Waals surface area contributed by atoms with Crippen LogP contribution >= 0.6 is 23.2 Å². The highest BCUT2D eigenvalue weighted by atomic mass is 35.5. The van der Waals surface area contributed by atoms with Crippen molar-refractivity contribution in [1.82, 2.24) is 4.90 Å². The summed E-state index contributed by atoms with van der Waals surface area (Å²) in [6.07, 6.45) is 0.850. The maximum Gasteiger partial charge on any atom is 0.254 e. The Morgan fingerprint density at radius 3 is 2.60 bits per heavy atom. The fraction of sp³-hybridized carbons (Fsp3) is 0.316. The van der Waals surface area contributed by atoms with Crippen LogP contribution in [0, 0.1) is 0 Å². The average molecular weight is 382 g/mol. The number of carbonyl (C=O) groups is 1. The summed E-state index contributed by atoms with van der Waals surface area (Å²) in [7, 11) is 3.25. The maximum atomic E-state index is 12.7. The van der Waals surface area contributed by atoms with E-state index in [0.29, 0.717) is 40.3 Å². The van der Waals surface area contributed by atoms with Crippen LogP contribution in [0.5, 0.6) is 11.5 Å². The van der Waals surface area contributed by atoms with Crippen molar-refractivity contribution >= 4 is 29.1 Å². The summed E-state index contributed by atoms with van der Waals surface area (Å²) in [6.45, 7) is 2.97. The van der Waals surface area contributed by atoms with Crippen molar-refractivity contribution in [2.24, 2.45) is 0 Å². The van der Waals surface area contributed by atoms with Crippen LogP contribution in [-0.4, -0.2) is 31.6 Å². The van der Waals surface area contributed by atoms with Gasteiger partial charge in [-0.3, -0.25) is 4.79 Å². The minimum Gasteiger partial charge on any atom is -0.493 e.